The Hall–Kier alpha value is -2.07. The lowest BCUT2D eigenvalue weighted by Gasteiger charge is -2.26. The van der Waals surface area contributed by atoms with Crippen LogP contribution in [0.1, 0.15) is 50.4 Å². The van der Waals surface area contributed by atoms with Crippen LogP contribution in [0.3, 0.4) is 0 Å². The van der Waals surface area contributed by atoms with Gasteiger partial charge in [0.05, 0.1) is 21.0 Å². The maximum Gasteiger partial charge on any atom is 0.264 e. The minimum Gasteiger partial charge on any atom is -0.338 e. The lowest BCUT2D eigenvalue weighted by atomic mass is 10.1. The first kappa shape index (κ1) is 19.7. The van der Waals surface area contributed by atoms with Crippen LogP contribution in [-0.2, 0) is 0 Å². The van der Waals surface area contributed by atoms with Crippen molar-refractivity contribution in [1.29, 1.82) is 5.26 Å². The van der Waals surface area contributed by atoms with E-state index in [9.17, 15) is 14.9 Å². The van der Waals surface area contributed by atoms with Gasteiger partial charge in [-0.05, 0) is 49.9 Å². The highest BCUT2D eigenvalue weighted by Gasteiger charge is 2.26. The first-order valence-corrected chi connectivity index (χ1v) is 10.1. The van der Waals surface area contributed by atoms with Gasteiger partial charge >= 0.3 is 0 Å². The van der Waals surface area contributed by atoms with E-state index in [1.165, 1.54) is 12.1 Å². The van der Waals surface area contributed by atoms with Gasteiger partial charge in [-0.1, -0.05) is 23.2 Å². The normalized spacial score (nSPS) is 13.9. The molecule has 1 fully saturated rings. The zero-order chi connectivity index (χ0) is 19.6. The number of nitriles is 1. The Morgan fingerprint density at radius 1 is 1.22 bits per heavy atom. The smallest absolute Gasteiger partial charge is 0.264 e. The van der Waals surface area contributed by atoms with Gasteiger partial charge in [0.2, 0.25) is 0 Å². The molecular weight excluding hydrogens is 405 g/mol. The highest BCUT2D eigenvalue weighted by atomic mass is 35.5. The fourth-order valence-electron chi connectivity index (χ4n) is 3.02. The molecule has 2 amide bonds. The van der Waals surface area contributed by atoms with Gasteiger partial charge in [-0.3, -0.25) is 9.59 Å². The molecular formula is C19H17Cl2N3O2S. The second-order valence-electron chi connectivity index (χ2n) is 6.30. The SMILES string of the molecule is Cc1c(C(=O)N2CCCCC2)sc(NC(=O)c2ccc(Cl)cc2Cl)c1C#N. The largest absolute Gasteiger partial charge is 0.338 e. The standard InChI is InChI=1S/C19H17Cl2N3O2S/c1-11-14(10-22)18(23-17(25)13-6-5-12(20)9-15(13)21)27-16(11)19(26)24-7-3-2-4-8-24/h5-6,9H,2-4,7-8H2,1H3,(H,23,25). The summed E-state index contributed by atoms with van der Waals surface area (Å²) in [5.41, 5.74) is 1.15. The van der Waals surface area contributed by atoms with Crippen molar-refractivity contribution in [3.05, 3.63) is 49.8 Å². The summed E-state index contributed by atoms with van der Waals surface area (Å²) in [6.45, 7) is 3.18. The minimum absolute atomic E-state index is 0.0845. The Balaban J connectivity index is 1.88. The average molecular weight is 422 g/mol. The Kier molecular flexibility index (Phi) is 6.05. The third-order valence-electron chi connectivity index (χ3n) is 4.50. The predicted octanol–water partition coefficient (Wildman–Crippen LogP) is 5.11. The van der Waals surface area contributed by atoms with Gasteiger partial charge in [0, 0.05) is 18.1 Å². The molecule has 0 unspecified atom stereocenters. The van der Waals surface area contributed by atoms with E-state index in [0.29, 0.717) is 26.0 Å². The number of nitrogens with zero attached hydrogens (tertiary/aromatic N) is 2. The number of benzene rings is 1. The van der Waals surface area contributed by atoms with Crippen LogP contribution in [0.5, 0.6) is 0 Å². The fraction of sp³-hybridized carbons (Fsp3) is 0.316. The van der Waals surface area contributed by atoms with E-state index < -0.39 is 5.91 Å². The quantitative estimate of drug-likeness (QED) is 0.747. The third-order valence-corrected chi connectivity index (χ3v) is 6.24. The number of rotatable bonds is 3. The second-order valence-corrected chi connectivity index (χ2v) is 8.17. The molecule has 0 bridgehead atoms. The van der Waals surface area contributed by atoms with Crippen LogP contribution in [0.4, 0.5) is 5.00 Å². The van der Waals surface area contributed by atoms with Crippen LogP contribution in [0, 0.1) is 18.3 Å². The van der Waals surface area contributed by atoms with Crippen molar-refractivity contribution < 1.29 is 9.59 Å². The molecule has 0 atom stereocenters. The van der Waals surface area contributed by atoms with Crippen LogP contribution < -0.4 is 5.32 Å². The van der Waals surface area contributed by atoms with Crippen LogP contribution in [0.25, 0.3) is 0 Å². The highest BCUT2D eigenvalue weighted by Crippen LogP contribution is 2.34. The number of carbonyl (C=O) groups excluding carboxylic acids is 2. The van der Waals surface area contributed by atoms with E-state index in [2.05, 4.69) is 11.4 Å². The summed E-state index contributed by atoms with van der Waals surface area (Å²) in [6, 6.07) is 6.66. The molecule has 1 aliphatic rings. The molecule has 3 rings (SSSR count). The Bertz CT molecular complexity index is 943. The number of halogens is 2. The number of amides is 2. The maximum absolute atomic E-state index is 12.8. The zero-order valence-corrected chi connectivity index (χ0v) is 17.0. The predicted molar refractivity (Wildman–Crippen MR) is 108 cm³/mol. The van der Waals surface area contributed by atoms with Crippen LogP contribution in [-0.4, -0.2) is 29.8 Å². The summed E-state index contributed by atoms with van der Waals surface area (Å²) >= 11 is 13.1. The van der Waals surface area contributed by atoms with E-state index in [1.807, 2.05) is 4.90 Å². The van der Waals surface area contributed by atoms with Crippen LogP contribution in [0.2, 0.25) is 10.0 Å². The van der Waals surface area contributed by atoms with Crippen molar-refractivity contribution >= 4 is 51.4 Å². The first-order chi connectivity index (χ1) is 12.9. The zero-order valence-electron chi connectivity index (χ0n) is 14.6. The summed E-state index contributed by atoms with van der Waals surface area (Å²) in [6.07, 6.45) is 3.10. The Morgan fingerprint density at radius 2 is 1.93 bits per heavy atom. The lowest BCUT2D eigenvalue weighted by Crippen LogP contribution is -2.35. The number of hydrogen-bond acceptors (Lipinski definition) is 4. The fourth-order valence-corrected chi connectivity index (χ4v) is 4.64. The van der Waals surface area contributed by atoms with E-state index in [4.69, 9.17) is 23.2 Å². The number of hydrogen-bond donors (Lipinski definition) is 1. The number of anilines is 1. The summed E-state index contributed by atoms with van der Waals surface area (Å²) < 4.78 is 0. The first-order valence-electron chi connectivity index (χ1n) is 8.51. The van der Waals surface area contributed by atoms with E-state index >= 15 is 0 Å². The molecule has 1 aromatic heterocycles. The monoisotopic (exact) mass is 421 g/mol. The molecule has 1 N–H and O–H groups in total. The highest BCUT2D eigenvalue weighted by molar-refractivity contribution is 7.18. The topological polar surface area (TPSA) is 73.2 Å². The van der Waals surface area contributed by atoms with Gasteiger partial charge < -0.3 is 10.2 Å². The maximum atomic E-state index is 12.8. The summed E-state index contributed by atoms with van der Waals surface area (Å²) in [5.74, 6) is -0.537. The van der Waals surface area contributed by atoms with Crippen molar-refractivity contribution in [2.45, 2.75) is 26.2 Å². The Morgan fingerprint density at radius 3 is 2.56 bits per heavy atom. The lowest BCUT2D eigenvalue weighted by molar-refractivity contribution is 0.0728. The number of carbonyl (C=O) groups is 2. The number of piperidine rings is 1. The van der Waals surface area contributed by atoms with Gasteiger partial charge in [-0.15, -0.1) is 11.3 Å². The molecule has 27 heavy (non-hydrogen) atoms. The summed E-state index contributed by atoms with van der Waals surface area (Å²) in [5, 5.41) is 13.2. The molecule has 0 aliphatic carbocycles. The van der Waals surface area contributed by atoms with Crippen molar-refractivity contribution in [3.63, 3.8) is 0 Å². The molecule has 0 spiro atoms. The van der Waals surface area contributed by atoms with Gasteiger partial charge in [0.1, 0.15) is 11.1 Å². The van der Waals surface area contributed by atoms with E-state index in [1.54, 1.807) is 13.0 Å². The van der Waals surface area contributed by atoms with Gasteiger partial charge in [-0.25, -0.2) is 0 Å². The minimum atomic E-state index is -0.452. The average Bonchev–Trinajstić information content (AvgIpc) is 2.96. The molecule has 2 aromatic rings. The van der Waals surface area contributed by atoms with Crippen molar-refractivity contribution in [1.82, 2.24) is 4.90 Å². The molecule has 8 heteroatoms. The number of thiophene rings is 1. The molecule has 5 nitrogen and oxygen atoms in total. The van der Waals surface area contributed by atoms with E-state index in [0.717, 1.165) is 43.7 Å². The van der Waals surface area contributed by atoms with Crippen LogP contribution in [0.15, 0.2) is 18.2 Å². The van der Waals surface area contributed by atoms with Crippen molar-refractivity contribution in [3.8, 4) is 6.07 Å². The van der Waals surface area contributed by atoms with Crippen molar-refractivity contribution in [2.24, 2.45) is 0 Å². The number of likely N-dealkylation sites (tertiary alicyclic amines) is 1. The second kappa shape index (κ2) is 8.30. The molecule has 1 aliphatic heterocycles. The van der Waals surface area contributed by atoms with Crippen LogP contribution >= 0.6 is 34.5 Å². The van der Waals surface area contributed by atoms with Gasteiger partial charge in [0.15, 0.2) is 0 Å². The summed E-state index contributed by atoms with van der Waals surface area (Å²) in [4.78, 5) is 27.7. The molecule has 0 saturated carbocycles. The number of nitrogens with one attached hydrogen (secondary N) is 1. The third kappa shape index (κ3) is 4.11. The summed E-state index contributed by atoms with van der Waals surface area (Å²) in [7, 11) is 0. The molecule has 1 saturated heterocycles. The molecule has 140 valence electrons. The van der Waals surface area contributed by atoms with Gasteiger partial charge in [0.25, 0.3) is 11.8 Å². The molecule has 0 radical (unpaired) electrons. The molecule has 1 aromatic carbocycles. The van der Waals surface area contributed by atoms with Crippen molar-refractivity contribution in [2.75, 3.05) is 18.4 Å². The van der Waals surface area contributed by atoms with Gasteiger partial charge in [-0.2, -0.15) is 5.26 Å². The van der Waals surface area contributed by atoms with E-state index in [-0.39, 0.29) is 16.5 Å². The molecule has 2 heterocycles. The Labute approximate surface area is 171 Å².